The quantitative estimate of drug-likeness (QED) is 0.551. The smallest absolute Gasteiger partial charge is 0.193 e. The molecule has 0 bridgehead atoms. The third kappa shape index (κ3) is 4.81. The SMILES string of the molecule is CN=C(NCC1(c2cccc(Cl)c2)CC1)N(C)Cc1csc(C(C)OC)n1. The molecule has 0 spiro atoms. The minimum atomic E-state index is 0.0268. The maximum Gasteiger partial charge on any atom is 0.193 e. The van der Waals surface area contributed by atoms with Crippen LogP contribution in [0.25, 0.3) is 0 Å². The number of guanidine groups is 1. The molecule has 27 heavy (non-hydrogen) atoms. The zero-order valence-electron chi connectivity index (χ0n) is 16.3. The maximum absolute atomic E-state index is 6.18. The monoisotopic (exact) mass is 406 g/mol. The van der Waals surface area contributed by atoms with Gasteiger partial charge in [0, 0.05) is 43.6 Å². The molecule has 1 aliphatic carbocycles. The molecule has 7 heteroatoms. The summed E-state index contributed by atoms with van der Waals surface area (Å²) >= 11 is 7.81. The molecule has 0 amide bonds. The number of ether oxygens (including phenoxy) is 1. The summed E-state index contributed by atoms with van der Waals surface area (Å²) in [6, 6.07) is 8.20. The number of nitrogens with one attached hydrogen (secondary N) is 1. The Morgan fingerprint density at radius 3 is 2.89 bits per heavy atom. The molecule has 0 saturated heterocycles. The molecule has 1 atom stereocenters. The molecule has 1 unspecified atom stereocenters. The molecule has 3 rings (SSSR count). The number of halogens is 1. The van der Waals surface area contributed by atoms with Crippen LogP contribution in [0.15, 0.2) is 34.6 Å². The number of thiazole rings is 1. The van der Waals surface area contributed by atoms with E-state index in [1.54, 1.807) is 18.4 Å². The van der Waals surface area contributed by atoms with Crippen molar-refractivity contribution in [2.75, 3.05) is 27.7 Å². The van der Waals surface area contributed by atoms with E-state index in [9.17, 15) is 0 Å². The van der Waals surface area contributed by atoms with Gasteiger partial charge in [0.1, 0.15) is 11.1 Å². The van der Waals surface area contributed by atoms with E-state index < -0.39 is 0 Å². The zero-order chi connectivity index (χ0) is 19.4. The van der Waals surface area contributed by atoms with Gasteiger partial charge in [-0.25, -0.2) is 4.98 Å². The van der Waals surface area contributed by atoms with E-state index in [0.29, 0.717) is 6.54 Å². The van der Waals surface area contributed by atoms with Gasteiger partial charge in [-0.15, -0.1) is 11.3 Å². The molecule has 2 aromatic rings. The van der Waals surface area contributed by atoms with Crippen LogP contribution in [0.1, 0.15) is 42.1 Å². The first-order valence-electron chi connectivity index (χ1n) is 9.12. The molecular weight excluding hydrogens is 380 g/mol. The van der Waals surface area contributed by atoms with Gasteiger partial charge in [-0.05, 0) is 37.5 Å². The van der Waals surface area contributed by atoms with Gasteiger partial charge >= 0.3 is 0 Å². The van der Waals surface area contributed by atoms with Crippen LogP contribution in [0.3, 0.4) is 0 Å². The van der Waals surface area contributed by atoms with Crippen LogP contribution in [0.2, 0.25) is 5.02 Å². The molecule has 1 aliphatic rings. The summed E-state index contributed by atoms with van der Waals surface area (Å²) < 4.78 is 5.35. The number of rotatable bonds is 7. The van der Waals surface area contributed by atoms with Crippen molar-refractivity contribution >= 4 is 28.9 Å². The first-order valence-corrected chi connectivity index (χ1v) is 10.4. The Morgan fingerprint density at radius 1 is 1.48 bits per heavy atom. The second-order valence-electron chi connectivity index (χ2n) is 7.10. The Labute approximate surface area is 170 Å². The van der Waals surface area contributed by atoms with Gasteiger partial charge in [0.15, 0.2) is 5.96 Å². The highest BCUT2D eigenvalue weighted by Gasteiger charge is 2.44. The molecule has 1 N–H and O–H groups in total. The van der Waals surface area contributed by atoms with Gasteiger partial charge in [0.2, 0.25) is 0 Å². The van der Waals surface area contributed by atoms with E-state index in [1.807, 2.05) is 33.2 Å². The highest BCUT2D eigenvalue weighted by molar-refractivity contribution is 7.09. The molecule has 146 valence electrons. The average Bonchev–Trinajstić information content (AvgIpc) is 3.32. The summed E-state index contributed by atoms with van der Waals surface area (Å²) in [5.41, 5.74) is 2.50. The molecule has 1 heterocycles. The predicted octanol–water partition coefficient (Wildman–Crippen LogP) is 4.24. The predicted molar refractivity (Wildman–Crippen MR) is 113 cm³/mol. The van der Waals surface area contributed by atoms with Crippen molar-refractivity contribution in [3.8, 4) is 0 Å². The summed E-state index contributed by atoms with van der Waals surface area (Å²) in [6.45, 7) is 3.57. The molecular formula is C20H27ClN4OS. The lowest BCUT2D eigenvalue weighted by Gasteiger charge is -2.24. The highest BCUT2D eigenvalue weighted by Crippen LogP contribution is 2.48. The Balaban J connectivity index is 1.59. The molecule has 5 nitrogen and oxygen atoms in total. The average molecular weight is 407 g/mol. The third-order valence-corrected chi connectivity index (χ3v) is 6.41. The number of aliphatic imine (C=N–C) groups is 1. The lowest BCUT2D eigenvalue weighted by Crippen LogP contribution is -2.42. The van der Waals surface area contributed by atoms with E-state index in [4.69, 9.17) is 16.3 Å². The molecule has 0 aliphatic heterocycles. The zero-order valence-corrected chi connectivity index (χ0v) is 17.9. The molecule has 1 aromatic carbocycles. The molecule has 1 aromatic heterocycles. The first kappa shape index (κ1) is 20.1. The summed E-state index contributed by atoms with van der Waals surface area (Å²) in [5, 5.41) is 7.42. The summed E-state index contributed by atoms with van der Waals surface area (Å²) in [6.07, 6.45) is 2.37. The van der Waals surface area contributed by atoms with Crippen molar-refractivity contribution in [2.45, 2.75) is 37.8 Å². The summed E-state index contributed by atoms with van der Waals surface area (Å²) in [4.78, 5) is 11.2. The number of hydrogen-bond acceptors (Lipinski definition) is 4. The van der Waals surface area contributed by atoms with Crippen LogP contribution < -0.4 is 5.32 Å². The van der Waals surface area contributed by atoms with Gasteiger partial charge in [0.25, 0.3) is 0 Å². The van der Waals surface area contributed by atoms with Gasteiger partial charge in [-0.1, -0.05) is 23.7 Å². The number of benzene rings is 1. The van der Waals surface area contributed by atoms with Gasteiger partial charge < -0.3 is 15.0 Å². The lowest BCUT2D eigenvalue weighted by molar-refractivity contribution is 0.119. The molecule has 0 radical (unpaired) electrons. The Hall–Kier alpha value is -1.63. The lowest BCUT2D eigenvalue weighted by atomic mass is 9.96. The van der Waals surface area contributed by atoms with Crippen LogP contribution in [0.5, 0.6) is 0 Å². The van der Waals surface area contributed by atoms with Gasteiger partial charge in [-0.2, -0.15) is 0 Å². The number of nitrogens with zero attached hydrogens (tertiary/aromatic N) is 3. The standard InChI is InChI=1S/C20H27ClN4OS/c1-14(26-4)18-24-17(12-27-18)11-25(3)19(22-2)23-13-20(8-9-20)15-6-5-7-16(21)10-15/h5-7,10,12,14H,8-9,11,13H2,1-4H3,(H,22,23). The number of methoxy groups -OCH3 is 1. The minimum absolute atomic E-state index is 0.0268. The maximum atomic E-state index is 6.18. The minimum Gasteiger partial charge on any atom is -0.375 e. The van der Waals surface area contributed by atoms with E-state index >= 15 is 0 Å². The largest absolute Gasteiger partial charge is 0.375 e. The molecule has 1 fully saturated rings. The normalized spacial score (nSPS) is 16.9. The number of aromatic nitrogens is 1. The van der Waals surface area contributed by atoms with E-state index in [-0.39, 0.29) is 11.5 Å². The Morgan fingerprint density at radius 2 is 2.26 bits per heavy atom. The summed E-state index contributed by atoms with van der Waals surface area (Å²) in [7, 11) is 5.56. The van der Waals surface area contributed by atoms with Crippen molar-refractivity contribution in [3.05, 3.63) is 50.9 Å². The third-order valence-electron chi connectivity index (χ3n) is 5.12. The van der Waals surface area contributed by atoms with E-state index in [2.05, 4.69) is 37.7 Å². The van der Waals surface area contributed by atoms with Crippen molar-refractivity contribution in [1.82, 2.24) is 15.2 Å². The van der Waals surface area contributed by atoms with Crippen LogP contribution in [0.4, 0.5) is 0 Å². The fraction of sp³-hybridized carbons (Fsp3) is 0.500. The van der Waals surface area contributed by atoms with Crippen LogP contribution in [-0.2, 0) is 16.7 Å². The second-order valence-corrected chi connectivity index (χ2v) is 8.43. The first-order chi connectivity index (χ1) is 13.0. The van der Waals surface area contributed by atoms with Crippen LogP contribution in [0, 0.1) is 0 Å². The van der Waals surface area contributed by atoms with E-state index in [0.717, 1.165) is 28.2 Å². The summed E-state index contributed by atoms with van der Waals surface area (Å²) in [5.74, 6) is 0.873. The van der Waals surface area contributed by atoms with E-state index in [1.165, 1.54) is 18.4 Å². The number of hydrogen-bond donors (Lipinski definition) is 1. The van der Waals surface area contributed by atoms with Gasteiger partial charge in [0.05, 0.1) is 12.2 Å². The topological polar surface area (TPSA) is 49.8 Å². The van der Waals surface area contributed by atoms with Crippen molar-refractivity contribution in [1.29, 1.82) is 0 Å². The van der Waals surface area contributed by atoms with Gasteiger partial charge in [-0.3, -0.25) is 4.99 Å². The van der Waals surface area contributed by atoms with Crippen molar-refractivity contribution in [3.63, 3.8) is 0 Å². The molecule has 1 saturated carbocycles. The second kappa shape index (κ2) is 8.59. The Bertz CT molecular complexity index is 803. The van der Waals surface area contributed by atoms with Crippen molar-refractivity contribution in [2.24, 2.45) is 4.99 Å². The fourth-order valence-corrected chi connectivity index (χ4v) is 4.20. The van der Waals surface area contributed by atoms with Crippen LogP contribution >= 0.6 is 22.9 Å². The Kier molecular flexibility index (Phi) is 6.40. The van der Waals surface area contributed by atoms with Crippen LogP contribution in [-0.4, -0.2) is 43.6 Å². The fourth-order valence-electron chi connectivity index (χ4n) is 3.17. The van der Waals surface area contributed by atoms with Crippen molar-refractivity contribution < 1.29 is 4.74 Å². The highest BCUT2D eigenvalue weighted by atomic mass is 35.5.